The van der Waals surface area contributed by atoms with E-state index in [2.05, 4.69) is 0 Å². The number of carbonyl (C=O) groups is 2. The quantitative estimate of drug-likeness (QED) is 0.661. The van der Waals surface area contributed by atoms with Gasteiger partial charge in [-0.15, -0.1) is 0 Å². The van der Waals surface area contributed by atoms with Crippen LogP contribution in [0, 0.1) is 0 Å². The predicted octanol–water partition coefficient (Wildman–Crippen LogP) is -0.199. The summed E-state index contributed by atoms with van der Waals surface area (Å²) in [5.41, 5.74) is 5.64. The van der Waals surface area contributed by atoms with Gasteiger partial charge in [-0.3, -0.25) is 9.59 Å². The predicted molar refractivity (Wildman–Crippen MR) is 50.7 cm³/mol. The lowest BCUT2D eigenvalue weighted by Gasteiger charge is -2.21. The molecule has 1 aliphatic rings. The minimum atomic E-state index is -0.879. The fourth-order valence-corrected chi connectivity index (χ4v) is 1.59. The van der Waals surface area contributed by atoms with E-state index in [-0.39, 0.29) is 18.9 Å². The monoisotopic (exact) mass is 200 g/mol. The summed E-state index contributed by atoms with van der Waals surface area (Å²) in [6.45, 7) is 0.918. The number of aliphatic carboxylic acids is 1. The average Bonchev–Trinajstić information content (AvgIpc) is 2.28. The van der Waals surface area contributed by atoms with Crippen molar-refractivity contribution in [3.8, 4) is 0 Å². The zero-order valence-corrected chi connectivity index (χ0v) is 8.11. The first-order chi connectivity index (χ1) is 6.61. The molecule has 0 aliphatic carbocycles. The average molecular weight is 200 g/mol. The number of carboxylic acid groups (broad SMARTS) is 1. The van der Waals surface area contributed by atoms with Gasteiger partial charge in [0, 0.05) is 13.1 Å². The fourth-order valence-electron chi connectivity index (χ4n) is 1.59. The summed E-state index contributed by atoms with van der Waals surface area (Å²) in [7, 11) is 0. The third-order valence-corrected chi connectivity index (χ3v) is 2.42. The van der Waals surface area contributed by atoms with Crippen LogP contribution in [0.25, 0.3) is 0 Å². The summed E-state index contributed by atoms with van der Waals surface area (Å²) < 4.78 is 0. The number of likely N-dealkylation sites (tertiary alicyclic amines) is 1. The number of hydrogen-bond donors (Lipinski definition) is 2. The molecule has 3 N–H and O–H groups in total. The van der Waals surface area contributed by atoms with Crippen LogP contribution in [-0.4, -0.2) is 41.0 Å². The largest absolute Gasteiger partial charge is 0.481 e. The molecule has 1 saturated heterocycles. The Labute approximate surface area is 82.9 Å². The molecule has 5 heteroatoms. The molecule has 0 saturated carbocycles. The number of hydrogen-bond acceptors (Lipinski definition) is 3. The van der Waals surface area contributed by atoms with Crippen molar-refractivity contribution in [1.82, 2.24) is 4.90 Å². The van der Waals surface area contributed by atoms with Crippen LogP contribution in [0.2, 0.25) is 0 Å². The minimum Gasteiger partial charge on any atom is -0.481 e. The van der Waals surface area contributed by atoms with Crippen LogP contribution in [0.5, 0.6) is 0 Å². The van der Waals surface area contributed by atoms with Crippen molar-refractivity contribution in [2.24, 2.45) is 5.73 Å². The van der Waals surface area contributed by atoms with Crippen molar-refractivity contribution in [2.45, 2.75) is 31.7 Å². The third-order valence-electron chi connectivity index (χ3n) is 2.42. The van der Waals surface area contributed by atoms with Crippen molar-refractivity contribution < 1.29 is 14.7 Å². The van der Waals surface area contributed by atoms with Gasteiger partial charge in [-0.05, 0) is 19.3 Å². The van der Waals surface area contributed by atoms with Gasteiger partial charge >= 0.3 is 5.97 Å². The molecule has 0 bridgehead atoms. The highest BCUT2D eigenvalue weighted by Gasteiger charge is 2.23. The van der Waals surface area contributed by atoms with E-state index in [1.807, 2.05) is 0 Å². The Morgan fingerprint density at radius 1 is 1.57 bits per heavy atom. The smallest absolute Gasteiger partial charge is 0.305 e. The van der Waals surface area contributed by atoms with Gasteiger partial charge in [-0.1, -0.05) is 0 Å². The van der Waals surface area contributed by atoms with Gasteiger partial charge < -0.3 is 15.7 Å². The van der Waals surface area contributed by atoms with E-state index in [0.717, 1.165) is 12.8 Å². The Kier molecular flexibility index (Phi) is 3.88. The minimum absolute atomic E-state index is 0.00153. The molecule has 1 aliphatic heterocycles. The fraction of sp³-hybridized carbons (Fsp3) is 0.778. The number of rotatable bonds is 3. The van der Waals surface area contributed by atoms with Crippen LogP contribution in [0.4, 0.5) is 0 Å². The van der Waals surface area contributed by atoms with Crippen LogP contribution in [0.3, 0.4) is 0 Å². The third kappa shape index (κ3) is 2.99. The molecular formula is C9H16N2O3. The molecular weight excluding hydrogens is 184 g/mol. The highest BCUT2D eigenvalue weighted by Crippen LogP contribution is 2.10. The van der Waals surface area contributed by atoms with E-state index in [9.17, 15) is 9.59 Å². The van der Waals surface area contributed by atoms with Crippen molar-refractivity contribution in [3.05, 3.63) is 0 Å². The van der Waals surface area contributed by atoms with Gasteiger partial charge in [-0.2, -0.15) is 0 Å². The summed E-state index contributed by atoms with van der Waals surface area (Å²) in [6.07, 6.45) is 2.57. The summed E-state index contributed by atoms with van der Waals surface area (Å²) >= 11 is 0. The molecule has 0 spiro atoms. The summed E-state index contributed by atoms with van der Waals surface area (Å²) in [5.74, 6) is -0.987. The topological polar surface area (TPSA) is 83.6 Å². The van der Waals surface area contributed by atoms with Crippen molar-refractivity contribution in [2.75, 3.05) is 13.1 Å². The summed E-state index contributed by atoms with van der Waals surface area (Å²) in [4.78, 5) is 23.5. The molecule has 14 heavy (non-hydrogen) atoms. The van der Waals surface area contributed by atoms with Crippen molar-refractivity contribution in [1.29, 1.82) is 0 Å². The molecule has 1 heterocycles. The van der Waals surface area contributed by atoms with Crippen LogP contribution in [0.15, 0.2) is 0 Å². The molecule has 1 atom stereocenters. The van der Waals surface area contributed by atoms with Gasteiger partial charge in [0.25, 0.3) is 0 Å². The second-order valence-electron chi connectivity index (χ2n) is 3.57. The molecule has 0 aromatic carbocycles. The normalized spacial score (nSPS) is 23.4. The SMILES string of the molecule is NC1CCCCN(CCC(=O)O)C1=O. The zero-order valence-electron chi connectivity index (χ0n) is 8.11. The van der Waals surface area contributed by atoms with E-state index in [4.69, 9.17) is 10.8 Å². The Morgan fingerprint density at radius 2 is 2.29 bits per heavy atom. The van der Waals surface area contributed by atoms with E-state index in [1.165, 1.54) is 0 Å². The molecule has 0 aromatic rings. The molecule has 1 rings (SSSR count). The first kappa shape index (κ1) is 11.0. The molecule has 0 aromatic heterocycles. The lowest BCUT2D eigenvalue weighted by molar-refractivity contribution is -0.138. The maximum atomic E-state index is 11.6. The van der Waals surface area contributed by atoms with Crippen LogP contribution < -0.4 is 5.73 Å². The Morgan fingerprint density at radius 3 is 2.93 bits per heavy atom. The van der Waals surface area contributed by atoms with E-state index < -0.39 is 12.0 Å². The zero-order chi connectivity index (χ0) is 10.6. The maximum absolute atomic E-state index is 11.6. The van der Waals surface area contributed by atoms with Gasteiger partial charge in [0.05, 0.1) is 12.5 Å². The Bertz CT molecular complexity index is 230. The van der Waals surface area contributed by atoms with Gasteiger partial charge in [-0.25, -0.2) is 0 Å². The van der Waals surface area contributed by atoms with Crippen LogP contribution in [0.1, 0.15) is 25.7 Å². The van der Waals surface area contributed by atoms with Gasteiger partial charge in [0.2, 0.25) is 5.91 Å². The van der Waals surface area contributed by atoms with Crippen molar-refractivity contribution in [3.63, 3.8) is 0 Å². The van der Waals surface area contributed by atoms with Gasteiger partial charge in [0.1, 0.15) is 0 Å². The Balaban J connectivity index is 2.48. The summed E-state index contributed by atoms with van der Waals surface area (Å²) in [6, 6.07) is -0.439. The molecule has 1 unspecified atom stereocenters. The van der Waals surface area contributed by atoms with Crippen molar-refractivity contribution >= 4 is 11.9 Å². The number of carbonyl (C=O) groups excluding carboxylic acids is 1. The standard InChI is InChI=1S/C9H16N2O3/c10-7-3-1-2-5-11(9(7)14)6-4-8(12)13/h7H,1-6,10H2,(H,12,13). The lowest BCUT2D eigenvalue weighted by Crippen LogP contribution is -2.43. The molecule has 80 valence electrons. The van der Waals surface area contributed by atoms with Crippen LogP contribution >= 0.6 is 0 Å². The van der Waals surface area contributed by atoms with E-state index in [1.54, 1.807) is 4.90 Å². The van der Waals surface area contributed by atoms with E-state index in [0.29, 0.717) is 13.0 Å². The first-order valence-electron chi connectivity index (χ1n) is 4.87. The highest BCUT2D eigenvalue weighted by molar-refractivity contribution is 5.82. The second kappa shape index (κ2) is 4.95. The number of carboxylic acids is 1. The lowest BCUT2D eigenvalue weighted by atomic mass is 10.1. The number of nitrogens with two attached hydrogens (primary N) is 1. The highest BCUT2D eigenvalue weighted by atomic mass is 16.4. The second-order valence-corrected chi connectivity index (χ2v) is 3.57. The van der Waals surface area contributed by atoms with E-state index >= 15 is 0 Å². The molecule has 1 amide bonds. The Hall–Kier alpha value is -1.10. The molecule has 0 radical (unpaired) electrons. The first-order valence-corrected chi connectivity index (χ1v) is 4.87. The maximum Gasteiger partial charge on any atom is 0.305 e. The van der Waals surface area contributed by atoms with Crippen LogP contribution in [-0.2, 0) is 9.59 Å². The number of nitrogens with zero attached hydrogens (tertiary/aromatic N) is 1. The van der Waals surface area contributed by atoms with Gasteiger partial charge in [0.15, 0.2) is 0 Å². The number of amides is 1. The molecule has 1 fully saturated rings. The summed E-state index contributed by atoms with van der Waals surface area (Å²) in [5, 5.41) is 8.50. The molecule has 5 nitrogen and oxygen atoms in total.